The standard InChI is InChI=1S/C18H12F5NO2/c19-17(20)26-15-8-2-6-13(11-15)16(25)24-9-3-5-12-4-1-7-14(10-12)18(21,22)23/h1-2,4,6-8,10-11,17H,9H2,(H,24,25). The minimum atomic E-state index is -4.46. The molecule has 26 heavy (non-hydrogen) atoms. The number of halogens is 5. The molecule has 2 aromatic rings. The highest BCUT2D eigenvalue weighted by molar-refractivity contribution is 5.94. The van der Waals surface area contributed by atoms with Crippen molar-refractivity contribution in [1.29, 1.82) is 0 Å². The maximum absolute atomic E-state index is 12.6. The molecule has 1 N–H and O–H groups in total. The van der Waals surface area contributed by atoms with Gasteiger partial charge in [-0.15, -0.1) is 0 Å². The summed E-state index contributed by atoms with van der Waals surface area (Å²) in [7, 11) is 0. The van der Waals surface area contributed by atoms with E-state index in [0.29, 0.717) is 0 Å². The molecule has 1 amide bonds. The molecule has 0 spiro atoms. The van der Waals surface area contributed by atoms with Gasteiger partial charge >= 0.3 is 12.8 Å². The highest BCUT2D eigenvalue weighted by Gasteiger charge is 2.30. The zero-order chi connectivity index (χ0) is 19.2. The van der Waals surface area contributed by atoms with E-state index in [1.165, 1.54) is 30.3 Å². The van der Waals surface area contributed by atoms with Gasteiger partial charge in [-0.2, -0.15) is 22.0 Å². The fraction of sp³-hybridized carbons (Fsp3) is 0.167. The van der Waals surface area contributed by atoms with Crippen molar-refractivity contribution in [3.8, 4) is 17.6 Å². The molecule has 0 aromatic heterocycles. The molecule has 0 unspecified atom stereocenters. The first kappa shape index (κ1) is 19.2. The van der Waals surface area contributed by atoms with Gasteiger partial charge in [0.1, 0.15) is 5.75 Å². The van der Waals surface area contributed by atoms with E-state index in [1.54, 1.807) is 0 Å². The van der Waals surface area contributed by atoms with Crippen molar-refractivity contribution in [2.45, 2.75) is 12.8 Å². The largest absolute Gasteiger partial charge is 0.435 e. The van der Waals surface area contributed by atoms with Crippen LogP contribution in [0.25, 0.3) is 0 Å². The molecular weight excluding hydrogens is 357 g/mol. The molecular formula is C18H12F5NO2. The average molecular weight is 369 g/mol. The second-order valence-electron chi connectivity index (χ2n) is 4.97. The Morgan fingerprint density at radius 2 is 1.85 bits per heavy atom. The molecule has 0 aliphatic carbocycles. The van der Waals surface area contributed by atoms with Crippen LogP contribution in [0, 0.1) is 11.8 Å². The second kappa shape index (κ2) is 8.34. The molecule has 0 saturated carbocycles. The van der Waals surface area contributed by atoms with Crippen LogP contribution in [0.2, 0.25) is 0 Å². The van der Waals surface area contributed by atoms with Gasteiger partial charge in [-0.05, 0) is 36.4 Å². The summed E-state index contributed by atoms with van der Waals surface area (Å²) in [5.41, 5.74) is -0.574. The Hall–Kier alpha value is -3.08. The van der Waals surface area contributed by atoms with Crippen LogP contribution in [0.1, 0.15) is 21.5 Å². The number of hydrogen-bond acceptors (Lipinski definition) is 2. The Labute approximate surface area is 145 Å². The zero-order valence-corrected chi connectivity index (χ0v) is 13.1. The molecule has 0 aliphatic rings. The molecule has 2 aromatic carbocycles. The minimum absolute atomic E-state index is 0.0871. The van der Waals surface area contributed by atoms with Gasteiger partial charge in [0.25, 0.3) is 5.91 Å². The van der Waals surface area contributed by atoms with Gasteiger partial charge in [0.2, 0.25) is 0 Å². The lowest BCUT2D eigenvalue weighted by Gasteiger charge is -2.06. The van der Waals surface area contributed by atoms with Crippen LogP contribution in [0.15, 0.2) is 48.5 Å². The lowest BCUT2D eigenvalue weighted by atomic mass is 10.1. The molecule has 0 bridgehead atoms. The number of carbonyl (C=O) groups excluding carboxylic acids is 1. The average Bonchev–Trinajstić information content (AvgIpc) is 2.58. The van der Waals surface area contributed by atoms with Crippen molar-refractivity contribution in [2.24, 2.45) is 0 Å². The molecule has 0 aliphatic heterocycles. The first-order valence-electron chi connectivity index (χ1n) is 7.25. The number of nitrogens with one attached hydrogen (secondary N) is 1. The molecule has 8 heteroatoms. The number of amides is 1. The molecule has 2 rings (SSSR count). The number of rotatable bonds is 4. The summed E-state index contributed by atoms with van der Waals surface area (Å²) in [6.45, 7) is -3.14. The van der Waals surface area contributed by atoms with Crippen molar-refractivity contribution in [3.05, 3.63) is 65.2 Å². The third kappa shape index (κ3) is 5.77. The normalized spacial score (nSPS) is 10.8. The Morgan fingerprint density at radius 3 is 2.54 bits per heavy atom. The van der Waals surface area contributed by atoms with Gasteiger partial charge in [-0.1, -0.05) is 24.0 Å². The topological polar surface area (TPSA) is 38.3 Å². The van der Waals surface area contributed by atoms with Gasteiger partial charge in [0, 0.05) is 11.1 Å². The van der Waals surface area contributed by atoms with Gasteiger partial charge in [0.15, 0.2) is 0 Å². The van der Waals surface area contributed by atoms with E-state index < -0.39 is 24.3 Å². The Morgan fingerprint density at radius 1 is 1.12 bits per heavy atom. The van der Waals surface area contributed by atoms with E-state index >= 15 is 0 Å². The predicted molar refractivity (Wildman–Crippen MR) is 83.7 cm³/mol. The fourth-order valence-corrected chi connectivity index (χ4v) is 1.96. The Balaban J connectivity index is 1.96. The van der Waals surface area contributed by atoms with Crippen molar-refractivity contribution >= 4 is 5.91 Å². The molecule has 136 valence electrons. The number of hydrogen-bond donors (Lipinski definition) is 1. The van der Waals surface area contributed by atoms with E-state index in [-0.39, 0.29) is 23.4 Å². The summed E-state index contributed by atoms with van der Waals surface area (Å²) < 4.78 is 66.3. The SMILES string of the molecule is O=C(NCC#Cc1cccc(C(F)(F)F)c1)c1cccc(OC(F)F)c1. The third-order valence-electron chi connectivity index (χ3n) is 3.08. The van der Waals surface area contributed by atoms with Crippen LogP contribution < -0.4 is 10.1 Å². The van der Waals surface area contributed by atoms with Crippen molar-refractivity contribution in [1.82, 2.24) is 5.32 Å². The summed E-state index contributed by atoms with van der Waals surface area (Å²) in [6, 6.07) is 9.67. The highest BCUT2D eigenvalue weighted by Crippen LogP contribution is 2.29. The van der Waals surface area contributed by atoms with Crippen LogP contribution in [0.4, 0.5) is 22.0 Å². The van der Waals surface area contributed by atoms with E-state index in [1.807, 2.05) is 0 Å². The highest BCUT2D eigenvalue weighted by atomic mass is 19.4. The van der Waals surface area contributed by atoms with Gasteiger partial charge < -0.3 is 10.1 Å². The van der Waals surface area contributed by atoms with Crippen LogP contribution in [0.5, 0.6) is 5.75 Å². The lowest BCUT2D eigenvalue weighted by Crippen LogP contribution is -2.23. The van der Waals surface area contributed by atoms with Gasteiger partial charge in [-0.25, -0.2) is 0 Å². The van der Waals surface area contributed by atoms with E-state index in [9.17, 15) is 26.7 Å². The number of carbonyl (C=O) groups is 1. The van der Waals surface area contributed by atoms with E-state index in [2.05, 4.69) is 21.9 Å². The minimum Gasteiger partial charge on any atom is -0.435 e. The van der Waals surface area contributed by atoms with E-state index in [4.69, 9.17) is 0 Å². The summed E-state index contributed by atoms with van der Waals surface area (Å²) in [5.74, 6) is 4.30. The molecule has 0 radical (unpaired) electrons. The molecule has 0 saturated heterocycles. The first-order chi connectivity index (χ1) is 12.3. The Bertz CT molecular complexity index is 837. The lowest BCUT2D eigenvalue weighted by molar-refractivity contribution is -0.137. The maximum Gasteiger partial charge on any atom is 0.416 e. The molecule has 0 atom stereocenters. The Kier molecular flexibility index (Phi) is 6.17. The van der Waals surface area contributed by atoms with Crippen molar-refractivity contribution in [2.75, 3.05) is 6.54 Å². The second-order valence-corrected chi connectivity index (χ2v) is 4.97. The number of benzene rings is 2. The van der Waals surface area contributed by atoms with Crippen molar-refractivity contribution in [3.63, 3.8) is 0 Å². The molecule has 0 fully saturated rings. The first-order valence-corrected chi connectivity index (χ1v) is 7.25. The van der Waals surface area contributed by atoms with Gasteiger partial charge in [-0.3, -0.25) is 4.79 Å². The van der Waals surface area contributed by atoms with Gasteiger partial charge in [0.05, 0.1) is 12.1 Å². The predicted octanol–water partition coefficient (Wildman–Crippen LogP) is 4.09. The van der Waals surface area contributed by atoms with Crippen molar-refractivity contribution < 1.29 is 31.5 Å². The van der Waals surface area contributed by atoms with Crippen LogP contribution in [-0.4, -0.2) is 19.1 Å². The maximum atomic E-state index is 12.6. The molecule has 3 nitrogen and oxygen atoms in total. The third-order valence-corrected chi connectivity index (χ3v) is 3.08. The molecule has 0 heterocycles. The smallest absolute Gasteiger partial charge is 0.416 e. The van der Waals surface area contributed by atoms with E-state index in [0.717, 1.165) is 18.2 Å². The monoisotopic (exact) mass is 369 g/mol. The summed E-state index contributed by atoms with van der Waals surface area (Å²) in [6.07, 6.45) is -4.46. The quantitative estimate of drug-likeness (QED) is 0.651. The summed E-state index contributed by atoms with van der Waals surface area (Å²) >= 11 is 0. The fourth-order valence-electron chi connectivity index (χ4n) is 1.96. The summed E-state index contributed by atoms with van der Waals surface area (Å²) in [5, 5.41) is 2.42. The van der Waals surface area contributed by atoms with Crippen LogP contribution in [-0.2, 0) is 6.18 Å². The zero-order valence-electron chi connectivity index (χ0n) is 13.1. The number of ether oxygens (including phenoxy) is 1. The van der Waals surface area contributed by atoms with Crippen LogP contribution >= 0.6 is 0 Å². The number of alkyl halides is 5. The summed E-state index contributed by atoms with van der Waals surface area (Å²) in [4.78, 5) is 11.9. The van der Waals surface area contributed by atoms with Crippen LogP contribution in [0.3, 0.4) is 0 Å².